The number of aromatic amines is 1. The van der Waals surface area contributed by atoms with Crippen LogP contribution in [0.2, 0.25) is 0 Å². The second kappa shape index (κ2) is 11.7. The van der Waals surface area contributed by atoms with Gasteiger partial charge in [0, 0.05) is 31.4 Å². The number of nitrogens with zero attached hydrogens (tertiary/aromatic N) is 4. The van der Waals surface area contributed by atoms with Crippen LogP contribution in [0.25, 0.3) is 0 Å². The van der Waals surface area contributed by atoms with E-state index >= 15 is 0 Å². The molecule has 12 heteroatoms. The number of aromatic nitrogens is 5. The molecule has 12 nitrogen and oxygen atoms in total. The number of aryl methyl sites for hydroxylation is 2. The van der Waals surface area contributed by atoms with Gasteiger partial charge in [-0.1, -0.05) is 0 Å². The van der Waals surface area contributed by atoms with Gasteiger partial charge in [0.25, 0.3) is 12.4 Å². The molecule has 2 heterocycles. The van der Waals surface area contributed by atoms with Gasteiger partial charge in [0.1, 0.15) is 0 Å². The minimum absolute atomic E-state index is 0.0446. The van der Waals surface area contributed by atoms with Gasteiger partial charge in [0.15, 0.2) is 5.69 Å². The maximum Gasteiger partial charge on any atom is 0.290 e. The molecule has 0 bridgehead atoms. The zero-order valence-electron chi connectivity index (χ0n) is 16.7. The normalized spacial score (nSPS) is 20.5. The molecule has 1 fully saturated rings. The highest BCUT2D eigenvalue weighted by Gasteiger charge is 2.34. The van der Waals surface area contributed by atoms with Gasteiger partial charge in [-0.15, -0.1) is 0 Å². The molecule has 0 spiro atoms. The van der Waals surface area contributed by atoms with Crippen LogP contribution in [0.5, 0.6) is 0 Å². The number of carbonyl (C=O) groups excluding carboxylic acids is 2. The van der Waals surface area contributed by atoms with Crippen molar-refractivity contribution >= 4 is 18.3 Å². The molecule has 5 N–H and O–H groups in total. The molecular weight excluding hydrogens is 394 g/mol. The number of aliphatic hydroxyl groups excluding tert-OH is 1. The molecule has 0 aliphatic heterocycles. The van der Waals surface area contributed by atoms with Gasteiger partial charge in [-0.05, 0) is 32.6 Å². The van der Waals surface area contributed by atoms with E-state index in [2.05, 4.69) is 31.0 Å². The first kappa shape index (κ1) is 23.0. The molecule has 2 amide bonds. The fraction of sp³-hybridized carbons (Fsp3) is 0.556. The molecule has 2 aromatic rings. The van der Waals surface area contributed by atoms with Crippen LogP contribution < -0.4 is 10.6 Å². The minimum Gasteiger partial charge on any atom is -0.483 e. The van der Waals surface area contributed by atoms with Gasteiger partial charge in [0.05, 0.1) is 24.2 Å². The SMILES string of the molecule is Cc1n[nH]nc1C(=O)N[C@H]1CC[C@H](C(=O)NCCCn2ccnc2)C[C@@H]1O.O=CO. The average molecular weight is 421 g/mol. The monoisotopic (exact) mass is 421 g/mol. The van der Waals surface area contributed by atoms with Crippen LogP contribution in [0.3, 0.4) is 0 Å². The van der Waals surface area contributed by atoms with E-state index in [0.29, 0.717) is 31.5 Å². The summed E-state index contributed by atoms with van der Waals surface area (Å²) in [5.74, 6) is -0.653. The van der Waals surface area contributed by atoms with Crippen LogP contribution in [0.4, 0.5) is 0 Å². The Kier molecular flexibility index (Phi) is 8.94. The Bertz CT molecular complexity index is 808. The maximum atomic E-state index is 12.3. The van der Waals surface area contributed by atoms with E-state index in [1.807, 2.05) is 10.8 Å². The largest absolute Gasteiger partial charge is 0.483 e. The molecule has 0 aromatic carbocycles. The molecule has 1 aliphatic carbocycles. The smallest absolute Gasteiger partial charge is 0.290 e. The van der Waals surface area contributed by atoms with E-state index in [-0.39, 0.29) is 35.9 Å². The second-order valence-electron chi connectivity index (χ2n) is 6.97. The summed E-state index contributed by atoms with van der Waals surface area (Å²) in [6.07, 6.45) is 6.88. The molecular formula is C18H27N7O5. The summed E-state index contributed by atoms with van der Waals surface area (Å²) in [5.41, 5.74) is 0.728. The standard InChI is InChI=1S/C17H25N7O3.CH2O2/c1-11-15(22-23-21-11)17(27)20-13-4-3-12(9-14(13)25)16(26)19-5-2-7-24-8-6-18-10-24;2-1-3/h6,8,10,12-14,25H,2-5,7,9H2,1H3,(H,19,26)(H,20,27)(H,21,22,23);1H,(H,2,3)/t12-,13-,14-;/m0./s1. The molecule has 3 rings (SSSR count). The lowest BCUT2D eigenvalue weighted by Crippen LogP contribution is -2.49. The third kappa shape index (κ3) is 6.65. The summed E-state index contributed by atoms with van der Waals surface area (Å²) in [6.45, 7) is 2.81. The maximum absolute atomic E-state index is 12.3. The second-order valence-corrected chi connectivity index (χ2v) is 6.97. The number of nitrogens with one attached hydrogen (secondary N) is 3. The van der Waals surface area contributed by atoms with E-state index in [4.69, 9.17) is 9.90 Å². The molecule has 0 unspecified atom stereocenters. The van der Waals surface area contributed by atoms with Gasteiger partial charge in [-0.3, -0.25) is 14.4 Å². The van der Waals surface area contributed by atoms with Crippen molar-refractivity contribution in [3.05, 3.63) is 30.1 Å². The van der Waals surface area contributed by atoms with Crippen molar-refractivity contribution in [2.24, 2.45) is 5.92 Å². The summed E-state index contributed by atoms with van der Waals surface area (Å²) in [4.78, 5) is 36.8. The van der Waals surface area contributed by atoms with Gasteiger partial charge in [-0.25, -0.2) is 4.98 Å². The first-order chi connectivity index (χ1) is 14.5. The highest BCUT2D eigenvalue weighted by Crippen LogP contribution is 2.25. The van der Waals surface area contributed by atoms with Crippen LogP contribution in [-0.2, 0) is 16.1 Å². The predicted octanol–water partition coefficient (Wildman–Crippen LogP) is -0.524. The van der Waals surface area contributed by atoms with E-state index in [1.54, 1.807) is 19.4 Å². The zero-order valence-corrected chi connectivity index (χ0v) is 16.7. The third-order valence-electron chi connectivity index (χ3n) is 4.89. The first-order valence-electron chi connectivity index (χ1n) is 9.63. The summed E-state index contributed by atoms with van der Waals surface area (Å²) < 4.78 is 1.96. The van der Waals surface area contributed by atoms with Gasteiger partial charge in [-0.2, -0.15) is 15.4 Å². The summed E-state index contributed by atoms with van der Waals surface area (Å²) >= 11 is 0. The van der Waals surface area contributed by atoms with E-state index in [0.717, 1.165) is 13.0 Å². The number of carbonyl (C=O) groups is 3. The number of amides is 2. The van der Waals surface area contributed by atoms with Crippen LogP contribution >= 0.6 is 0 Å². The van der Waals surface area contributed by atoms with Gasteiger partial charge >= 0.3 is 0 Å². The summed E-state index contributed by atoms with van der Waals surface area (Å²) in [7, 11) is 0. The Morgan fingerprint density at radius 1 is 1.37 bits per heavy atom. The lowest BCUT2D eigenvalue weighted by molar-refractivity contribution is -0.127. The number of imidazole rings is 1. The highest BCUT2D eigenvalue weighted by molar-refractivity contribution is 5.93. The van der Waals surface area contributed by atoms with Crippen molar-refractivity contribution in [1.82, 2.24) is 35.6 Å². The van der Waals surface area contributed by atoms with Crippen molar-refractivity contribution in [2.45, 2.75) is 51.3 Å². The lowest BCUT2D eigenvalue weighted by Gasteiger charge is -2.32. The minimum atomic E-state index is -0.767. The Morgan fingerprint density at radius 3 is 2.73 bits per heavy atom. The summed E-state index contributed by atoms with van der Waals surface area (Å²) in [5, 5.41) is 33.0. The van der Waals surface area contributed by atoms with Crippen LogP contribution in [0, 0.1) is 12.8 Å². The highest BCUT2D eigenvalue weighted by atomic mass is 16.3. The predicted molar refractivity (Wildman–Crippen MR) is 104 cm³/mol. The number of hydrogen-bond acceptors (Lipinski definition) is 7. The number of aliphatic hydroxyl groups is 1. The topological polar surface area (TPSA) is 175 Å². The summed E-state index contributed by atoms with van der Waals surface area (Å²) in [6, 6.07) is -0.390. The fourth-order valence-corrected chi connectivity index (χ4v) is 3.33. The van der Waals surface area contributed by atoms with E-state index in [9.17, 15) is 14.7 Å². The Morgan fingerprint density at radius 2 is 2.13 bits per heavy atom. The quantitative estimate of drug-likeness (QED) is 0.293. The van der Waals surface area contributed by atoms with Crippen molar-refractivity contribution in [3.8, 4) is 0 Å². The van der Waals surface area contributed by atoms with Crippen molar-refractivity contribution < 1.29 is 24.6 Å². The molecule has 0 radical (unpaired) electrons. The van der Waals surface area contributed by atoms with Crippen LogP contribution in [0.15, 0.2) is 18.7 Å². The van der Waals surface area contributed by atoms with Crippen molar-refractivity contribution in [1.29, 1.82) is 0 Å². The first-order valence-corrected chi connectivity index (χ1v) is 9.63. The molecule has 0 saturated heterocycles. The van der Waals surface area contributed by atoms with Crippen molar-refractivity contribution in [3.63, 3.8) is 0 Å². The van der Waals surface area contributed by atoms with Crippen molar-refractivity contribution in [2.75, 3.05) is 6.54 Å². The Balaban J connectivity index is 0.00000101. The molecule has 2 aromatic heterocycles. The average Bonchev–Trinajstić information content (AvgIpc) is 3.39. The number of hydrogen-bond donors (Lipinski definition) is 5. The lowest BCUT2D eigenvalue weighted by atomic mass is 9.83. The van der Waals surface area contributed by atoms with E-state index in [1.165, 1.54) is 0 Å². The molecule has 1 saturated carbocycles. The molecule has 164 valence electrons. The van der Waals surface area contributed by atoms with Gasteiger partial charge in [0.2, 0.25) is 5.91 Å². The van der Waals surface area contributed by atoms with E-state index < -0.39 is 6.10 Å². The molecule has 1 aliphatic rings. The fourth-order valence-electron chi connectivity index (χ4n) is 3.33. The van der Waals surface area contributed by atoms with Gasteiger partial charge < -0.3 is 25.4 Å². The Hall–Kier alpha value is -3.28. The third-order valence-corrected chi connectivity index (χ3v) is 4.89. The number of H-pyrrole nitrogens is 1. The number of carboxylic acid groups (broad SMARTS) is 1. The zero-order chi connectivity index (χ0) is 21.9. The molecule has 30 heavy (non-hydrogen) atoms. The number of rotatable bonds is 7. The van der Waals surface area contributed by atoms with Crippen LogP contribution in [-0.4, -0.2) is 72.2 Å². The molecule has 3 atom stereocenters. The van der Waals surface area contributed by atoms with Crippen LogP contribution in [0.1, 0.15) is 41.9 Å². The Labute approximate surface area is 173 Å².